The second-order valence-corrected chi connectivity index (χ2v) is 9.10. The van der Waals surface area contributed by atoms with E-state index >= 15 is 0 Å². The maximum absolute atomic E-state index is 13.4. The first-order valence-electron chi connectivity index (χ1n) is 12.3. The fourth-order valence-corrected chi connectivity index (χ4v) is 4.51. The molecule has 1 saturated heterocycles. The lowest BCUT2D eigenvalue weighted by Crippen LogP contribution is -2.30. The fraction of sp³-hybridized carbons (Fsp3) is 0.207. The van der Waals surface area contributed by atoms with E-state index in [9.17, 15) is 19.8 Å². The predicted octanol–water partition coefficient (Wildman–Crippen LogP) is 5.08. The number of aliphatic hydroxyl groups is 1. The molecule has 9 heteroatoms. The number of aliphatic hydroxyl groups excluding tert-OH is 1. The second-order valence-electron chi connectivity index (χ2n) is 9.10. The minimum Gasteiger partial charge on any atom is -0.507 e. The van der Waals surface area contributed by atoms with E-state index in [4.69, 9.17) is 9.47 Å². The van der Waals surface area contributed by atoms with Crippen LogP contribution in [0.5, 0.6) is 17.2 Å². The van der Waals surface area contributed by atoms with E-state index in [1.807, 2.05) is 32.0 Å². The van der Waals surface area contributed by atoms with Crippen LogP contribution >= 0.6 is 0 Å². The van der Waals surface area contributed by atoms with Gasteiger partial charge in [-0.1, -0.05) is 18.2 Å². The maximum Gasteiger partial charge on any atom is 0.302 e. The Bertz CT molecular complexity index is 1520. The van der Waals surface area contributed by atoms with Gasteiger partial charge in [0.15, 0.2) is 11.5 Å². The van der Waals surface area contributed by atoms with Crippen molar-refractivity contribution in [3.63, 3.8) is 0 Å². The van der Waals surface area contributed by atoms with Crippen LogP contribution < -0.4 is 14.4 Å². The van der Waals surface area contributed by atoms with Crippen LogP contribution in [-0.2, 0) is 9.59 Å². The largest absolute Gasteiger partial charge is 0.507 e. The number of aromatic nitrogens is 2. The van der Waals surface area contributed by atoms with Gasteiger partial charge in [0.1, 0.15) is 11.5 Å². The number of anilines is 1. The molecule has 3 aromatic carbocycles. The highest BCUT2D eigenvalue weighted by atomic mass is 16.5. The first-order chi connectivity index (χ1) is 18.3. The molecule has 1 unspecified atom stereocenters. The zero-order chi connectivity index (χ0) is 27.0. The van der Waals surface area contributed by atoms with Crippen LogP contribution in [0.3, 0.4) is 0 Å². The quantitative estimate of drug-likeness (QED) is 0.179. The normalized spacial score (nSPS) is 16.9. The van der Waals surface area contributed by atoms with Crippen molar-refractivity contribution in [3.8, 4) is 17.2 Å². The van der Waals surface area contributed by atoms with Crippen LogP contribution in [0.2, 0.25) is 0 Å². The van der Waals surface area contributed by atoms with Crippen molar-refractivity contribution in [1.82, 2.24) is 9.97 Å². The van der Waals surface area contributed by atoms with E-state index in [-0.39, 0.29) is 34.9 Å². The Balaban J connectivity index is 1.68. The molecule has 1 atom stereocenters. The van der Waals surface area contributed by atoms with Crippen molar-refractivity contribution < 1.29 is 29.3 Å². The van der Waals surface area contributed by atoms with Gasteiger partial charge < -0.3 is 24.7 Å². The fourth-order valence-electron chi connectivity index (χ4n) is 4.51. The Morgan fingerprint density at radius 3 is 2.50 bits per heavy atom. The summed E-state index contributed by atoms with van der Waals surface area (Å²) >= 11 is 0. The standard InChI is InChI=1S/C29H27N3O6/c1-4-37-23-15-18(11-14-22(23)33)25-24(26(34)17-9-12-19(13-10-17)38-16(2)3)27(35)28(36)32(25)29-30-20-7-5-6-8-21(20)31-29/h5-16,25,33-34H,4H2,1-3H3,(H,30,31)/b26-24+. The highest BCUT2D eigenvalue weighted by molar-refractivity contribution is 6.51. The molecule has 4 aromatic rings. The number of aromatic hydroxyl groups is 1. The Labute approximate surface area is 219 Å². The lowest BCUT2D eigenvalue weighted by atomic mass is 9.95. The number of aromatic amines is 1. The van der Waals surface area contributed by atoms with Gasteiger partial charge >= 0.3 is 5.91 Å². The molecular weight excluding hydrogens is 486 g/mol. The SMILES string of the molecule is CCOc1cc(C2/C(=C(\O)c3ccc(OC(C)C)cc3)C(=O)C(=O)N2c2nc3ccccc3[nH]2)ccc1O. The zero-order valence-corrected chi connectivity index (χ0v) is 21.1. The number of Topliss-reactive ketones (excluding diaryl/α,β-unsaturated/α-hetero) is 1. The van der Waals surface area contributed by atoms with Crippen LogP contribution in [0, 0.1) is 0 Å². The molecule has 1 aliphatic rings. The number of fused-ring (bicyclic) bond motifs is 1. The molecule has 1 amide bonds. The number of ketones is 1. The molecule has 0 radical (unpaired) electrons. The summed E-state index contributed by atoms with van der Waals surface area (Å²) in [5, 5.41) is 21.6. The molecule has 2 heterocycles. The Morgan fingerprint density at radius 2 is 1.82 bits per heavy atom. The van der Waals surface area contributed by atoms with E-state index < -0.39 is 17.7 Å². The van der Waals surface area contributed by atoms with Gasteiger partial charge in [0.05, 0.1) is 35.4 Å². The number of phenolic OH excluding ortho intramolecular Hbond substituents is 1. The van der Waals surface area contributed by atoms with Gasteiger partial charge in [0, 0.05) is 5.56 Å². The summed E-state index contributed by atoms with van der Waals surface area (Å²) in [5.41, 5.74) is 1.99. The molecule has 1 aromatic heterocycles. The number of rotatable bonds is 7. The Hall–Kier alpha value is -4.79. The summed E-state index contributed by atoms with van der Waals surface area (Å²) in [6, 6.07) is 17.4. The number of carbonyl (C=O) groups excluding carboxylic acids is 2. The van der Waals surface area contributed by atoms with Crippen LogP contribution in [-0.4, -0.2) is 44.6 Å². The topological polar surface area (TPSA) is 125 Å². The van der Waals surface area contributed by atoms with Gasteiger partial charge in [-0.2, -0.15) is 0 Å². The number of phenols is 1. The number of nitrogens with one attached hydrogen (secondary N) is 1. The summed E-state index contributed by atoms with van der Waals surface area (Å²) in [6.07, 6.45) is -0.0300. The minimum absolute atomic E-state index is 0.0300. The predicted molar refractivity (Wildman–Crippen MR) is 142 cm³/mol. The monoisotopic (exact) mass is 513 g/mol. The first-order valence-corrected chi connectivity index (χ1v) is 12.3. The molecule has 3 N–H and O–H groups in total. The molecule has 9 nitrogen and oxygen atoms in total. The van der Waals surface area contributed by atoms with Crippen molar-refractivity contribution in [2.45, 2.75) is 32.9 Å². The van der Waals surface area contributed by atoms with Crippen molar-refractivity contribution >= 4 is 34.4 Å². The average Bonchev–Trinajstić information content (AvgIpc) is 3.43. The number of para-hydroxylation sites is 2. The summed E-state index contributed by atoms with van der Waals surface area (Å²) < 4.78 is 11.2. The molecule has 1 fully saturated rings. The third kappa shape index (κ3) is 4.43. The summed E-state index contributed by atoms with van der Waals surface area (Å²) in [6.45, 7) is 5.88. The van der Waals surface area contributed by atoms with E-state index in [0.29, 0.717) is 34.5 Å². The van der Waals surface area contributed by atoms with Crippen LogP contribution in [0.4, 0.5) is 5.95 Å². The third-order valence-electron chi connectivity index (χ3n) is 6.15. The number of nitrogens with zero attached hydrogens (tertiary/aromatic N) is 2. The van der Waals surface area contributed by atoms with Crippen LogP contribution in [0.15, 0.2) is 72.3 Å². The van der Waals surface area contributed by atoms with Crippen molar-refractivity contribution in [2.24, 2.45) is 0 Å². The van der Waals surface area contributed by atoms with Crippen LogP contribution in [0.1, 0.15) is 37.9 Å². The summed E-state index contributed by atoms with van der Waals surface area (Å²) in [4.78, 5) is 35.7. The smallest absolute Gasteiger partial charge is 0.302 e. The summed E-state index contributed by atoms with van der Waals surface area (Å²) in [5.74, 6) is -1.18. The van der Waals surface area contributed by atoms with E-state index in [2.05, 4.69) is 9.97 Å². The lowest BCUT2D eigenvalue weighted by Gasteiger charge is -2.23. The highest BCUT2D eigenvalue weighted by Crippen LogP contribution is 2.43. The molecule has 38 heavy (non-hydrogen) atoms. The number of amides is 1. The molecule has 0 saturated carbocycles. The molecule has 1 aliphatic heterocycles. The highest BCUT2D eigenvalue weighted by Gasteiger charge is 2.48. The van der Waals surface area contributed by atoms with Crippen molar-refractivity contribution in [1.29, 1.82) is 0 Å². The van der Waals surface area contributed by atoms with Crippen molar-refractivity contribution in [3.05, 3.63) is 83.4 Å². The van der Waals surface area contributed by atoms with Gasteiger partial charge in [-0.15, -0.1) is 0 Å². The number of hydrogen-bond acceptors (Lipinski definition) is 7. The van der Waals surface area contributed by atoms with Gasteiger partial charge in [0.25, 0.3) is 5.78 Å². The molecule has 0 bridgehead atoms. The molecular formula is C29H27N3O6. The van der Waals surface area contributed by atoms with E-state index in [1.165, 1.54) is 11.0 Å². The number of ether oxygens (including phenoxy) is 2. The number of hydrogen-bond donors (Lipinski definition) is 3. The third-order valence-corrected chi connectivity index (χ3v) is 6.15. The minimum atomic E-state index is -1.04. The number of H-pyrrole nitrogens is 1. The number of imidazole rings is 1. The van der Waals surface area contributed by atoms with Crippen molar-refractivity contribution in [2.75, 3.05) is 11.5 Å². The molecule has 0 spiro atoms. The van der Waals surface area contributed by atoms with E-state index in [1.54, 1.807) is 49.4 Å². The van der Waals surface area contributed by atoms with Crippen LogP contribution in [0.25, 0.3) is 16.8 Å². The lowest BCUT2D eigenvalue weighted by molar-refractivity contribution is -0.132. The second kappa shape index (κ2) is 9.93. The van der Waals surface area contributed by atoms with E-state index in [0.717, 1.165) is 0 Å². The molecule has 0 aliphatic carbocycles. The van der Waals surface area contributed by atoms with Gasteiger partial charge in [-0.25, -0.2) is 4.98 Å². The maximum atomic E-state index is 13.4. The Morgan fingerprint density at radius 1 is 1.08 bits per heavy atom. The Kier molecular flexibility index (Phi) is 6.50. The van der Waals surface area contributed by atoms with Gasteiger partial charge in [0.2, 0.25) is 5.95 Å². The van der Waals surface area contributed by atoms with Gasteiger partial charge in [-0.3, -0.25) is 14.5 Å². The van der Waals surface area contributed by atoms with Gasteiger partial charge in [-0.05, 0) is 74.9 Å². The summed E-state index contributed by atoms with van der Waals surface area (Å²) in [7, 11) is 0. The molecule has 5 rings (SSSR count). The first kappa shape index (κ1) is 24.9. The number of benzene rings is 3. The number of carbonyl (C=O) groups is 2. The molecule has 194 valence electrons. The average molecular weight is 514 g/mol. The zero-order valence-electron chi connectivity index (χ0n) is 21.1.